The monoisotopic (exact) mass is 200 g/mol. The van der Waals surface area contributed by atoms with Gasteiger partial charge in [-0.2, -0.15) is 0 Å². The fraction of sp³-hybridized carbons (Fsp3) is 1.00. The molecule has 0 aromatic carbocycles. The van der Waals surface area contributed by atoms with Gasteiger partial charge >= 0.3 is 0 Å². The molecule has 0 aromatic heterocycles. The summed E-state index contributed by atoms with van der Waals surface area (Å²) in [5.74, 6) is 0. The molecule has 0 bridgehead atoms. The second-order valence-corrected chi connectivity index (χ2v) is 4.56. The second-order valence-electron chi connectivity index (χ2n) is 4.56. The maximum absolute atomic E-state index is 6.24. The molecular formula is C10H20N2O2. The lowest BCUT2D eigenvalue weighted by atomic mass is 9.98. The summed E-state index contributed by atoms with van der Waals surface area (Å²) in [5, 5.41) is 0. The van der Waals surface area contributed by atoms with Crippen molar-refractivity contribution in [3.05, 3.63) is 0 Å². The van der Waals surface area contributed by atoms with E-state index in [1.807, 2.05) is 0 Å². The van der Waals surface area contributed by atoms with Crippen LogP contribution in [-0.2, 0) is 9.47 Å². The highest BCUT2D eigenvalue weighted by atomic mass is 16.5. The molecular weight excluding hydrogens is 180 g/mol. The first-order valence-electron chi connectivity index (χ1n) is 5.38. The van der Waals surface area contributed by atoms with Crippen molar-refractivity contribution in [2.45, 2.75) is 24.9 Å². The molecule has 2 N–H and O–H groups in total. The highest BCUT2D eigenvalue weighted by Crippen LogP contribution is 2.19. The van der Waals surface area contributed by atoms with Gasteiger partial charge in [-0.25, -0.2) is 0 Å². The van der Waals surface area contributed by atoms with E-state index in [4.69, 9.17) is 15.2 Å². The summed E-state index contributed by atoms with van der Waals surface area (Å²) in [6.45, 7) is 7.32. The van der Waals surface area contributed by atoms with Gasteiger partial charge in [0.05, 0.1) is 25.4 Å². The van der Waals surface area contributed by atoms with Crippen molar-refractivity contribution in [3.8, 4) is 0 Å². The SMILES string of the molecule is CC1COCCN1CC1(N)CCOC1. The van der Waals surface area contributed by atoms with Crippen LogP contribution in [0.4, 0.5) is 0 Å². The molecule has 2 unspecified atom stereocenters. The highest BCUT2D eigenvalue weighted by molar-refractivity contribution is 4.92. The first-order valence-corrected chi connectivity index (χ1v) is 5.38. The van der Waals surface area contributed by atoms with E-state index in [1.165, 1.54) is 0 Å². The summed E-state index contributed by atoms with van der Waals surface area (Å²) < 4.78 is 10.7. The molecule has 2 fully saturated rings. The Labute approximate surface area is 85.3 Å². The summed E-state index contributed by atoms with van der Waals surface area (Å²) in [7, 11) is 0. The van der Waals surface area contributed by atoms with Crippen LogP contribution in [0.1, 0.15) is 13.3 Å². The third-order valence-electron chi connectivity index (χ3n) is 3.16. The Morgan fingerprint density at radius 2 is 2.29 bits per heavy atom. The predicted molar refractivity (Wildman–Crippen MR) is 54.2 cm³/mol. The van der Waals surface area contributed by atoms with Crippen molar-refractivity contribution in [1.29, 1.82) is 0 Å². The lowest BCUT2D eigenvalue weighted by Gasteiger charge is -2.38. The number of morpholine rings is 1. The maximum atomic E-state index is 6.24. The van der Waals surface area contributed by atoms with Crippen LogP contribution in [0.25, 0.3) is 0 Å². The van der Waals surface area contributed by atoms with Gasteiger partial charge in [-0.15, -0.1) is 0 Å². The lowest BCUT2D eigenvalue weighted by molar-refractivity contribution is -0.0108. The topological polar surface area (TPSA) is 47.7 Å². The molecule has 2 aliphatic heterocycles. The van der Waals surface area contributed by atoms with Crippen molar-refractivity contribution in [3.63, 3.8) is 0 Å². The molecule has 4 heteroatoms. The minimum Gasteiger partial charge on any atom is -0.379 e. The van der Waals surface area contributed by atoms with Crippen LogP contribution < -0.4 is 5.73 Å². The molecule has 0 radical (unpaired) electrons. The average Bonchev–Trinajstić information content (AvgIpc) is 2.57. The molecule has 2 saturated heterocycles. The van der Waals surface area contributed by atoms with Crippen LogP contribution in [-0.4, -0.2) is 56.0 Å². The fourth-order valence-electron chi connectivity index (χ4n) is 2.15. The zero-order valence-corrected chi connectivity index (χ0v) is 8.87. The Bertz CT molecular complexity index is 193. The summed E-state index contributed by atoms with van der Waals surface area (Å²) in [6, 6.07) is 0.491. The van der Waals surface area contributed by atoms with Crippen LogP contribution >= 0.6 is 0 Å². The second kappa shape index (κ2) is 4.14. The lowest BCUT2D eigenvalue weighted by Crippen LogP contribution is -2.56. The quantitative estimate of drug-likeness (QED) is 0.672. The Kier molecular flexibility index (Phi) is 3.07. The van der Waals surface area contributed by atoms with Crippen molar-refractivity contribution in [1.82, 2.24) is 4.90 Å². The summed E-state index contributed by atoms with van der Waals surface area (Å²) in [6.07, 6.45) is 0.983. The van der Waals surface area contributed by atoms with Gasteiger partial charge in [-0.1, -0.05) is 0 Å². The highest BCUT2D eigenvalue weighted by Gasteiger charge is 2.34. The van der Waals surface area contributed by atoms with E-state index >= 15 is 0 Å². The van der Waals surface area contributed by atoms with Crippen molar-refractivity contribution < 1.29 is 9.47 Å². The zero-order chi connectivity index (χ0) is 10.0. The number of ether oxygens (including phenoxy) is 2. The van der Waals surface area contributed by atoms with E-state index in [0.717, 1.165) is 39.3 Å². The van der Waals surface area contributed by atoms with E-state index in [9.17, 15) is 0 Å². The minimum atomic E-state index is -0.119. The van der Waals surface area contributed by atoms with Gasteiger partial charge in [0.2, 0.25) is 0 Å². The molecule has 0 aliphatic carbocycles. The van der Waals surface area contributed by atoms with Crippen LogP contribution in [0, 0.1) is 0 Å². The molecule has 2 heterocycles. The number of hydrogen-bond acceptors (Lipinski definition) is 4. The molecule has 2 aliphatic rings. The molecule has 14 heavy (non-hydrogen) atoms. The molecule has 0 spiro atoms. The van der Waals surface area contributed by atoms with Crippen molar-refractivity contribution >= 4 is 0 Å². The van der Waals surface area contributed by atoms with Crippen LogP contribution in [0.5, 0.6) is 0 Å². The summed E-state index contributed by atoms with van der Waals surface area (Å²) in [4.78, 5) is 2.41. The van der Waals surface area contributed by atoms with Gasteiger partial charge in [0.25, 0.3) is 0 Å². The van der Waals surface area contributed by atoms with Crippen LogP contribution in [0.15, 0.2) is 0 Å². The molecule has 0 amide bonds. The Morgan fingerprint density at radius 3 is 2.93 bits per heavy atom. The number of hydrogen-bond donors (Lipinski definition) is 1. The van der Waals surface area contributed by atoms with Gasteiger partial charge in [-0.3, -0.25) is 4.90 Å². The Hall–Kier alpha value is -0.160. The smallest absolute Gasteiger partial charge is 0.0659 e. The summed E-state index contributed by atoms with van der Waals surface area (Å²) in [5.41, 5.74) is 6.13. The van der Waals surface area contributed by atoms with Crippen molar-refractivity contribution in [2.24, 2.45) is 5.73 Å². The number of nitrogens with two attached hydrogens (primary N) is 1. The third-order valence-corrected chi connectivity index (χ3v) is 3.16. The molecule has 0 saturated carbocycles. The normalized spacial score (nSPS) is 40.3. The first-order chi connectivity index (χ1) is 6.70. The first kappa shape index (κ1) is 10.4. The van der Waals surface area contributed by atoms with Gasteiger partial charge in [0, 0.05) is 25.7 Å². The largest absolute Gasteiger partial charge is 0.379 e. The van der Waals surface area contributed by atoms with E-state index in [0.29, 0.717) is 12.6 Å². The van der Waals surface area contributed by atoms with E-state index in [2.05, 4.69) is 11.8 Å². The van der Waals surface area contributed by atoms with Gasteiger partial charge < -0.3 is 15.2 Å². The van der Waals surface area contributed by atoms with Crippen molar-refractivity contribution in [2.75, 3.05) is 39.5 Å². The standard InChI is InChI=1S/C10H20N2O2/c1-9-6-13-5-3-12(9)7-10(11)2-4-14-8-10/h9H,2-8,11H2,1H3. The average molecular weight is 200 g/mol. The minimum absolute atomic E-state index is 0.119. The van der Waals surface area contributed by atoms with Gasteiger partial charge in [0.15, 0.2) is 0 Å². The molecule has 2 atom stereocenters. The van der Waals surface area contributed by atoms with Gasteiger partial charge in [0.1, 0.15) is 0 Å². The maximum Gasteiger partial charge on any atom is 0.0659 e. The molecule has 82 valence electrons. The number of nitrogens with zero attached hydrogens (tertiary/aromatic N) is 1. The third kappa shape index (κ3) is 2.25. The summed E-state index contributed by atoms with van der Waals surface area (Å²) >= 11 is 0. The molecule has 2 rings (SSSR count). The van der Waals surface area contributed by atoms with Gasteiger partial charge in [-0.05, 0) is 13.3 Å². The van der Waals surface area contributed by atoms with E-state index < -0.39 is 0 Å². The fourth-order valence-corrected chi connectivity index (χ4v) is 2.15. The van der Waals surface area contributed by atoms with Crippen LogP contribution in [0.2, 0.25) is 0 Å². The Morgan fingerprint density at radius 1 is 1.43 bits per heavy atom. The van der Waals surface area contributed by atoms with E-state index in [-0.39, 0.29) is 5.54 Å². The number of rotatable bonds is 2. The van der Waals surface area contributed by atoms with Crippen LogP contribution in [0.3, 0.4) is 0 Å². The zero-order valence-electron chi connectivity index (χ0n) is 8.87. The molecule has 4 nitrogen and oxygen atoms in total. The Balaban J connectivity index is 1.88. The van der Waals surface area contributed by atoms with E-state index in [1.54, 1.807) is 0 Å². The predicted octanol–water partition coefficient (Wildman–Crippen LogP) is -0.175. The molecule has 0 aromatic rings.